The Morgan fingerprint density at radius 2 is 2.05 bits per heavy atom. The molecule has 0 amide bonds. The lowest BCUT2D eigenvalue weighted by molar-refractivity contribution is 0.0526. The van der Waals surface area contributed by atoms with E-state index in [2.05, 4.69) is 9.84 Å². The number of ether oxygens (including phenoxy) is 2. The Morgan fingerprint density at radius 3 is 2.64 bits per heavy atom. The van der Waals surface area contributed by atoms with Crippen LogP contribution in [-0.2, 0) is 16.5 Å². The van der Waals surface area contributed by atoms with E-state index in [1.54, 1.807) is 26.1 Å². The van der Waals surface area contributed by atoms with Crippen LogP contribution in [0.1, 0.15) is 27.6 Å². The van der Waals surface area contributed by atoms with E-state index in [1.807, 2.05) is 0 Å². The van der Waals surface area contributed by atoms with Crippen LogP contribution in [0.3, 0.4) is 0 Å². The quantitative estimate of drug-likeness (QED) is 0.681. The van der Waals surface area contributed by atoms with Crippen molar-refractivity contribution in [2.24, 2.45) is 7.05 Å². The number of nitrogens with two attached hydrogens (primary N) is 1. The number of aryl methyl sites for hydroxylation is 1. The van der Waals surface area contributed by atoms with Gasteiger partial charge in [-0.15, -0.1) is 0 Å². The second-order valence-electron chi connectivity index (χ2n) is 4.54. The van der Waals surface area contributed by atoms with E-state index >= 15 is 0 Å². The zero-order valence-corrected chi connectivity index (χ0v) is 12.6. The van der Waals surface area contributed by atoms with Crippen LogP contribution >= 0.6 is 0 Å². The molecule has 0 aliphatic carbocycles. The summed E-state index contributed by atoms with van der Waals surface area (Å²) in [4.78, 5) is 23.5. The number of carbonyl (C=O) groups excluding carboxylic acids is 2. The maximum absolute atomic E-state index is 12.0. The average molecular weight is 303 g/mol. The first-order chi connectivity index (χ1) is 10.5. The predicted octanol–water partition coefficient (Wildman–Crippen LogP) is 1.63. The summed E-state index contributed by atoms with van der Waals surface area (Å²) < 4.78 is 11.2. The van der Waals surface area contributed by atoms with Gasteiger partial charge in [-0.05, 0) is 25.1 Å². The Hall–Kier alpha value is -2.83. The fraction of sp³-hybridized carbons (Fsp3) is 0.267. The summed E-state index contributed by atoms with van der Waals surface area (Å²) in [5.74, 6) is -0.948. The second-order valence-corrected chi connectivity index (χ2v) is 4.54. The lowest BCUT2D eigenvalue weighted by Crippen LogP contribution is -2.08. The molecule has 1 aromatic heterocycles. The molecule has 0 spiro atoms. The lowest BCUT2D eigenvalue weighted by atomic mass is 10.0. The molecule has 0 atom stereocenters. The van der Waals surface area contributed by atoms with Gasteiger partial charge in [-0.25, -0.2) is 9.59 Å². The van der Waals surface area contributed by atoms with Gasteiger partial charge in [0, 0.05) is 18.3 Å². The number of benzene rings is 1. The third-order valence-corrected chi connectivity index (χ3v) is 3.16. The second kappa shape index (κ2) is 6.30. The molecule has 0 aliphatic heterocycles. The minimum atomic E-state index is -0.478. The van der Waals surface area contributed by atoms with Crippen molar-refractivity contribution >= 4 is 17.6 Å². The SMILES string of the molecule is CCOC(=O)c1cnn(C)c1-c1ccc(C(=O)OC)cc1N. The summed E-state index contributed by atoms with van der Waals surface area (Å²) in [7, 11) is 3.00. The fourth-order valence-corrected chi connectivity index (χ4v) is 2.14. The monoisotopic (exact) mass is 303 g/mol. The number of hydrogen-bond acceptors (Lipinski definition) is 6. The summed E-state index contributed by atoms with van der Waals surface area (Å²) in [5.41, 5.74) is 8.15. The Kier molecular flexibility index (Phi) is 4.45. The molecule has 2 rings (SSSR count). The van der Waals surface area contributed by atoms with Gasteiger partial charge >= 0.3 is 11.9 Å². The zero-order valence-electron chi connectivity index (χ0n) is 12.6. The molecular weight excluding hydrogens is 286 g/mol. The molecule has 0 saturated heterocycles. The van der Waals surface area contributed by atoms with Crippen LogP contribution in [0.2, 0.25) is 0 Å². The van der Waals surface area contributed by atoms with Crippen molar-refractivity contribution in [3.05, 3.63) is 35.5 Å². The Labute approximate surface area is 127 Å². The van der Waals surface area contributed by atoms with Crippen LogP contribution in [0.25, 0.3) is 11.3 Å². The van der Waals surface area contributed by atoms with Gasteiger partial charge in [0.1, 0.15) is 5.56 Å². The van der Waals surface area contributed by atoms with E-state index in [-0.39, 0.29) is 6.61 Å². The van der Waals surface area contributed by atoms with Gasteiger partial charge in [0.25, 0.3) is 0 Å². The summed E-state index contributed by atoms with van der Waals surface area (Å²) in [6, 6.07) is 4.74. The van der Waals surface area contributed by atoms with Gasteiger partial charge in [0.15, 0.2) is 0 Å². The number of nitrogen functional groups attached to an aromatic ring is 1. The van der Waals surface area contributed by atoms with Crippen molar-refractivity contribution < 1.29 is 19.1 Å². The van der Waals surface area contributed by atoms with Crippen molar-refractivity contribution in [3.8, 4) is 11.3 Å². The normalized spacial score (nSPS) is 10.3. The van der Waals surface area contributed by atoms with Crippen LogP contribution in [-0.4, -0.2) is 35.4 Å². The maximum Gasteiger partial charge on any atom is 0.341 e. The van der Waals surface area contributed by atoms with Crippen molar-refractivity contribution in [1.29, 1.82) is 0 Å². The minimum absolute atomic E-state index is 0.268. The first kappa shape index (κ1) is 15.6. The molecule has 0 bridgehead atoms. The molecule has 0 unspecified atom stereocenters. The smallest absolute Gasteiger partial charge is 0.341 e. The summed E-state index contributed by atoms with van der Waals surface area (Å²) in [6.07, 6.45) is 1.43. The third kappa shape index (κ3) is 2.78. The molecule has 0 aliphatic rings. The number of aromatic nitrogens is 2. The fourth-order valence-electron chi connectivity index (χ4n) is 2.14. The van der Waals surface area contributed by atoms with E-state index in [1.165, 1.54) is 24.1 Å². The largest absolute Gasteiger partial charge is 0.465 e. The summed E-state index contributed by atoms with van der Waals surface area (Å²) in [5, 5.41) is 4.08. The topological polar surface area (TPSA) is 96.4 Å². The van der Waals surface area contributed by atoms with Crippen LogP contribution in [0.4, 0.5) is 5.69 Å². The number of hydrogen-bond donors (Lipinski definition) is 1. The molecule has 1 aromatic carbocycles. The number of methoxy groups -OCH3 is 1. The number of rotatable bonds is 4. The van der Waals surface area contributed by atoms with Gasteiger partial charge in [0.05, 0.1) is 31.2 Å². The van der Waals surface area contributed by atoms with Crippen molar-refractivity contribution in [1.82, 2.24) is 9.78 Å². The first-order valence-electron chi connectivity index (χ1n) is 6.66. The predicted molar refractivity (Wildman–Crippen MR) is 80.4 cm³/mol. The van der Waals surface area contributed by atoms with Crippen LogP contribution in [0, 0.1) is 0 Å². The molecule has 0 radical (unpaired) electrons. The van der Waals surface area contributed by atoms with E-state index in [0.717, 1.165) is 0 Å². The Morgan fingerprint density at radius 1 is 1.32 bits per heavy atom. The van der Waals surface area contributed by atoms with E-state index in [9.17, 15) is 9.59 Å². The highest BCUT2D eigenvalue weighted by Gasteiger charge is 2.21. The molecular formula is C15H17N3O4. The van der Waals surface area contributed by atoms with Crippen molar-refractivity contribution in [2.45, 2.75) is 6.92 Å². The molecule has 116 valence electrons. The zero-order chi connectivity index (χ0) is 16.3. The standard InChI is InChI=1S/C15H17N3O4/c1-4-22-15(20)11-8-17-18(2)13(11)10-6-5-9(7-12(10)16)14(19)21-3/h5-8H,4,16H2,1-3H3. The molecule has 0 saturated carbocycles. The van der Waals surface area contributed by atoms with Gasteiger partial charge in [-0.1, -0.05) is 0 Å². The highest BCUT2D eigenvalue weighted by Crippen LogP contribution is 2.30. The summed E-state index contributed by atoms with van der Waals surface area (Å²) >= 11 is 0. The van der Waals surface area contributed by atoms with E-state index < -0.39 is 11.9 Å². The number of carbonyl (C=O) groups is 2. The molecule has 2 N–H and O–H groups in total. The van der Waals surface area contributed by atoms with Gasteiger partial charge in [-0.3, -0.25) is 4.68 Å². The average Bonchev–Trinajstić information content (AvgIpc) is 2.88. The highest BCUT2D eigenvalue weighted by atomic mass is 16.5. The highest BCUT2D eigenvalue weighted by molar-refractivity contribution is 5.99. The molecule has 7 heteroatoms. The molecule has 0 fully saturated rings. The maximum atomic E-state index is 12.0. The van der Waals surface area contributed by atoms with Crippen LogP contribution in [0.15, 0.2) is 24.4 Å². The Balaban J connectivity index is 2.51. The van der Waals surface area contributed by atoms with Gasteiger partial charge < -0.3 is 15.2 Å². The van der Waals surface area contributed by atoms with Crippen molar-refractivity contribution in [2.75, 3.05) is 19.5 Å². The van der Waals surface area contributed by atoms with Crippen LogP contribution < -0.4 is 5.73 Å². The molecule has 7 nitrogen and oxygen atoms in total. The Bertz CT molecular complexity index is 722. The lowest BCUT2D eigenvalue weighted by Gasteiger charge is -2.10. The van der Waals surface area contributed by atoms with Gasteiger partial charge in [0.2, 0.25) is 0 Å². The molecule has 1 heterocycles. The number of esters is 2. The first-order valence-corrected chi connectivity index (χ1v) is 6.66. The van der Waals surface area contributed by atoms with E-state index in [0.29, 0.717) is 28.1 Å². The number of anilines is 1. The van der Waals surface area contributed by atoms with Crippen LogP contribution in [0.5, 0.6) is 0 Å². The van der Waals surface area contributed by atoms with Crippen molar-refractivity contribution in [3.63, 3.8) is 0 Å². The third-order valence-electron chi connectivity index (χ3n) is 3.16. The molecule has 22 heavy (non-hydrogen) atoms. The van der Waals surface area contributed by atoms with Gasteiger partial charge in [-0.2, -0.15) is 5.10 Å². The van der Waals surface area contributed by atoms with E-state index in [4.69, 9.17) is 10.5 Å². The molecule has 2 aromatic rings. The summed E-state index contributed by atoms with van der Waals surface area (Å²) in [6.45, 7) is 2.00. The minimum Gasteiger partial charge on any atom is -0.465 e. The number of nitrogens with zero attached hydrogens (tertiary/aromatic N) is 2.